The second kappa shape index (κ2) is 11.7. The Hall–Kier alpha value is -3.36. The first-order chi connectivity index (χ1) is 21.7. The van der Waals surface area contributed by atoms with Gasteiger partial charge in [-0.15, -0.1) is 11.8 Å². The number of nitrogens with zero attached hydrogens (tertiary/aromatic N) is 3. The summed E-state index contributed by atoms with van der Waals surface area (Å²) in [5.41, 5.74) is 1.23. The van der Waals surface area contributed by atoms with E-state index in [1.807, 2.05) is 84.6 Å². The number of thioether (sulfide) groups is 1. The Bertz CT molecular complexity index is 1550. The zero-order chi connectivity index (χ0) is 33.1. The number of aliphatic hydroxyl groups excluding tert-OH is 1. The number of para-hydroxylation sites is 1. The minimum atomic E-state index is -0.982. The molecule has 6 rings (SSSR count). The molecule has 3 amide bonds. The van der Waals surface area contributed by atoms with Crippen LogP contribution in [0.3, 0.4) is 0 Å². The number of hydrogen-bond acceptors (Lipinski definition) is 5. The molecule has 6 atom stereocenters. The maximum Gasteiger partial charge on any atom is 0.247 e. The van der Waals surface area contributed by atoms with E-state index in [2.05, 4.69) is 46.8 Å². The lowest BCUT2D eigenvalue weighted by atomic mass is 9.74. The van der Waals surface area contributed by atoms with Crippen LogP contribution in [0.4, 0.5) is 5.69 Å². The fourth-order valence-corrected chi connectivity index (χ4v) is 10.9. The summed E-state index contributed by atoms with van der Waals surface area (Å²) in [5, 5.41) is 10.9. The Labute approximate surface area is 277 Å². The lowest BCUT2D eigenvalue weighted by Crippen LogP contribution is -2.61. The van der Waals surface area contributed by atoms with Crippen molar-refractivity contribution < 1.29 is 19.5 Å². The molecule has 0 aromatic heterocycles. The van der Waals surface area contributed by atoms with Gasteiger partial charge in [0.15, 0.2) is 0 Å². The van der Waals surface area contributed by atoms with E-state index >= 15 is 9.59 Å². The molecule has 0 radical (unpaired) electrons. The van der Waals surface area contributed by atoms with Crippen molar-refractivity contribution in [3.05, 3.63) is 90.5 Å². The molecule has 4 heterocycles. The van der Waals surface area contributed by atoms with Gasteiger partial charge in [-0.05, 0) is 56.7 Å². The molecule has 0 bridgehead atoms. The normalized spacial score (nSPS) is 30.2. The molecule has 1 N–H and O–H groups in total. The van der Waals surface area contributed by atoms with Crippen LogP contribution in [0.5, 0.6) is 0 Å². The van der Waals surface area contributed by atoms with E-state index in [9.17, 15) is 9.90 Å². The van der Waals surface area contributed by atoms with Crippen molar-refractivity contribution >= 4 is 35.2 Å². The predicted molar refractivity (Wildman–Crippen MR) is 184 cm³/mol. The SMILES string of the molecule is CC(C)(C)CC(C)(C)N1CC=C[C@]23S[C@@]4(C)C=CCN(c5ccccc5)C(=O)[C@H]4[C@H]2C(=O)N([C@@H](CO)Cc2ccccc2)C3C1=O. The molecule has 4 aliphatic heterocycles. The maximum atomic E-state index is 15.2. The number of benzene rings is 2. The van der Waals surface area contributed by atoms with Gasteiger partial charge >= 0.3 is 0 Å². The average Bonchev–Trinajstić information content (AvgIpc) is 3.26. The summed E-state index contributed by atoms with van der Waals surface area (Å²) in [6.45, 7) is 13.3. The molecule has 2 fully saturated rings. The third kappa shape index (κ3) is 5.41. The van der Waals surface area contributed by atoms with Crippen molar-refractivity contribution in [2.24, 2.45) is 17.3 Å². The van der Waals surface area contributed by atoms with E-state index in [4.69, 9.17) is 0 Å². The van der Waals surface area contributed by atoms with Gasteiger partial charge in [0.2, 0.25) is 17.7 Å². The van der Waals surface area contributed by atoms with E-state index in [1.165, 1.54) is 0 Å². The predicted octanol–water partition coefficient (Wildman–Crippen LogP) is 5.49. The number of carbonyl (C=O) groups excluding carboxylic acids is 3. The number of anilines is 1. The Balaban J connectivity index is 1.49. The second-order valence-corrected chi connectivity index (χ2v) is 17.1. The van der Waals surface area contributed by atoms with Crippen LogP contribution in [-0.2, 0) is 20.8 Å². The summed E-state index contributed by atoms with van der Waals surface area (Å²) < 4.78 is -1.69. The van der Waals surface area contributed by atoms with E-state index in [-0.39, 0.29) is 29.7 Å². The number of rotatable bonds is 7. The van der Waals surface area contributed by atoms with E-state index in [1.54, 1.807) is 21.6 Å². The highest BCUT2D eigenvalue weighted by Crippen LogP contribution is 2.66. The third-order valence-corrected chi connectivity index (χ3v) is 12.0. The van der Waals surface area contributed by atoms with Crippen LogP contribution in [0.25, 0.3) is 0 Å². The Morgan fingerprint density at radius 3 is 2.11 bits per heavy atom. The summed E-state index contributed by atoms with van der Waals surface area (Å²) in [6.07, 6.45) is 9.40. The monoisotopic (exact) mass is 641 g/mol. The molecule has 2 aromatic rings. The van der Waals surface area contributed by atoms with Gasteiger partial charge in [0.1, 0.15) is 6.04 Å². The summed E-state index contributed by atoms with van der Waals surface area (Å²) in [5.74, 6) is -1.93. The largest absolute Gasteiger partial charge is 0.394 e. The highest BCUT2D eigenvalue weighted by molar-refractivity contribution is 8.02. The van der Waals surface area contributed by atoms with Crippen molar-refractivity contribution in [2.75, 3.05) is 24.6 Å². The second-order valence-electron chi connectivity index (χ2n) is 15.4. The van der Waals surface area contributed by atoms with Crippen LogP contribution >= 0.6 is 11.8 Å². The topological polar surface area (TPSA) is 81.2 Å². The first kappa shape index (κ1) is 32.6. The first-order valence-electron chi connectivity index (χ1n) is 16.4. The number of carbonyl (C=O) groups is 3. The molecule has 0 aliphatic carbocycles. The number of likely N-dealkylation sites (tertiary alicyclic amines) is 1. The van der Waals surface area contributed by atoms with Crippen molar-refractivity contribution in [3.8, 4) is 0 Å². The molecule has 7 nitrogen and oxygen atoms in total. The van der Waals surface area contributed by atoms with Crippen LogP contribution in [0.2, 0.25) is 0 Å². The molecule has 0 saturated carbocycles. The summed E-state index contributed by atoms with van der Waals surface area (Å²) >= 11 is 1.59. The van der Waals surface area contributed by atoms with Crippen molar-refractivity contribution in [3.63, 3.8) is 0 Å². The van der Waals surface area contributed by atoms with Gasteiger partial charge in [-0.3, -0.25) is 14.4 Å². The van der Waals surface area contributed by atoms with Gasteiger partial charge in [-0.2, -0.15) is 0 Å². The van der Waals surface area contributed by atoms with E-state index in [0.29, 0.717) is 19.5 Å². The fraction of sp³-hybridized carbons (Fsp3) is 0.500. The standard InChI is InChI=1S/C38H47N3O4S/c1-35(2,3)25-36(4,5)40-22-14-20-38-30(29-32(43)39(27-17-11-8-12-18-27)21-13-19-37(29,6)46-38)33(44)41(31(38)34(40)45)28(24-42)23-26-15-9-7-10-16-26/h7-20,28-31,42H,21-25H2,1-6H3/t28-,29-,30+,31?,37+,38+/m1/s1. The molecule has 1 spiro atoms. The smallest absolute Gasteiger partial charge is 0.247 e. The summed E-state index contributed by atoms with van der Waals surface area (Å²) in [7, 11) is 0. The van der Waals surface area contributed by atoms with Crippen LogP contribution in [0.1, 0.15) is 53.5 Å². The number of fused-ring (bicyclic) bond motifs is 2. The van der Waals surface area contributed by atoms with Crippen LogP contribution in [0.15, 0.2) is 85.0 Å². The van der Waals surface area contributed by atoms with Gasteiger partial charge in [-0.1, -0.05) is 93.6 Å². The summed E-state index contributed by atoms with van der Waals surface area (Å²) in [4.78, 5) is 50.3. The zero-order valence-corrected chi connectivity index (χ0v) is 28.7. The summed E-state index contributed by atoms with van der Waals surface area (Å²) in [6, 6.07) is 17.9. The van der Waals surface area contributed by atoms with Crippen molar-refractivity contribution in [1.29, 1.82) is 0 Å². The quantitative estimate of drug-likeness (QED) is 0.405. The highest BCUT2D eigenvalue weighted by Gasteiger charge is 2.74. The van der Waals surface area contributed by atoms with Crippen LogP contribution in [0, 0.1) is 17.3 Å². The number of aliphatic hydroxyl groups is 1. The minimum absolute atomic E-state index is 0.0347. The highest BCUT2D eigenvalue weighted by atomic mass is 32.2. The average molecular weight is 642 g/mol. The Morgan fingerprint density at radius 2 is 1.48 bits per heavy atom. The number of amides is 3. The Morgan fingerprint density at radius 1 is 0.848 bits per heavy atom. The van der Waals surface area contributed by atoms with Crippen LogP contribution < -0.4 is 4.90 Å². The van der Waals surface area contributed by atoms with E-state index < -0.39 is 39.0 Å². The molecular formula is C38H47N3O4S. The van der Waals surface area contributed by atoms with Gasteiger partial charge in [0, 0.05) is 29.1 Å². The van der Waals surface area contributed by atoms with Crippen LogP contribution in [-0.4, -0.2) is 79.4 Å². The molecule has 46 heavy (non-hydrogen) atoms. The van der Waals surface area contributed by atoms with Gasteiger partial charge in [0.25, 0.3) is 0 Å². The van der Waals surface area contributed by atoms with Crippen molar-refractivity contribution in [1.82, 2.24) is 9.80 Å². The first-order valence-corrected chi connectivity index (χ1v) is 17.2. The molecule has 2 saturated heterocycles. The molecular weight excluding hydrogens is 595 g/mol. The molecule has 244 valence electrons. The van der Waals surface area contributed by atoms with Gasteiger partial charge in [-0.25, -0.2) is 0 Å². The number of hydrogen-bond donors (Lipinski definition) is 1. The third-order valence-electron chi connectivity index (χ3n) is 10.2. The lowest BCUT2D eigenvalue weighted by Gasteiger charge is -2.45. The molecule has 8 heteroatoms. The Kier molecular flexibility index (Phi) is 8.29. The molecule has 2 aromatic carbocycles. The molecule has 1 unspecified atom stereocenters. The van der Waals surface area contributed by atoms with Gasteiger partial charge in [0.05, 0.1) is 29.2 Å². The zero-order valence-electron chi connectivity index (χ0n) is 27.8. The maximum absolute atomic E-state index is 15.2. The van der Waals surface area contributed by atoms with Gasteiger partial charge < -0.3 is 19.8 Å². The fourth-order valence-electron chi connectivity index (χ4n) is 8.77. The van der Waals surface area contributed by atoms with Crippen molar-refractivity contribution in [2.45, 2.75) is 81.5 Å². The minimum Gasteiger partial charge on any atom is -0.394 e. The van der Waals surface area contributed by atoms with E-state index in [0.717, 1.165) is 17.7 Å². The molecule has 4 aliphatic rings. The lowest BCUT2D eigenvalue weighted by molar-refractivity contribution is -0.149.